The Morgan fingerprint density at radius 3 is 2.75 bits per heavy atom. The summed E-state index contributed by atoms with van der Waals surface area (Å²) in [6.07, 6.45) is 3.51. The molecule has 0 aromatic heterocycles. The summed E-state index contributed by atoms with van der Waals surface area (Å²) in [7, 11) is 0. The maximum absolute atomic E-state index is 10.3. The van der Waals surface area contributed by atoms with Gasteiger partial charge in [-0.05, 0) is 18.8 Å². The van der Waals surface area contributed by atoms with Crippen LogP contribution in [-0.4, -0.2) is 23.8 Å². The van der Waals surface area contributed by atoms with Crippen LogP contribution in [-0.2, 0) is 9.53 Å². The predicted octanol–water partition coefficient (Wildman–Crippen LogP) is 1.67. The number of hydrogen-bond acceptors (Lipinski definition) is 2. The Morgan fingerprint density at radius 1 is 1.75 bits per heavy atom. The molecule has 1 fully saturated rings. The maximum Gasteiger partial charge on any atom is 0.303 e. The molecule has 70 valence electrons. The van der Waals surface area contributed by atoms with Gasteiger partial charge < -0.3 is 9.84 Å². The van der Waals surface area contributed by atoms with Gasteiger partial charge in [-0.2, -0.15) is 0 Å². The summed E-state index contributed by atoms with van der Waals surface area (Å²) in [6.45, 7) is 2.95. The largest absolute Gasteiger partial charge is 0.481 e. The summed E-state index contributed by atoms with van der Waals surface area (Å²) < 4.78 is 5.32. The maximum atomic E-state index is 10.3. The van der Waals surface area contributed by atoms with E-state index in [0.29, 0.717) is 12.0 Å². The molecule has 0 spiro atoms. The summed E-state index contributed by atoms with van der Waals surface area (Å²) >= 11 is 0. The molecule has 2 atom stereocenters. The highest BCUT2D eigenvalue weighted by molar-refractivity contribution is 5.66. The van der Waals surface area contributed by atoms with Gasteiger partial charge in [-0.1, -0.05) is 13.3 Å². The minimum absolute atomic E-state index is 0.276. The van der Waals surface area contributed by atoms with Crippen LogP contribution in [0.1, 0.15) is 32.6 Å². The van der Waals surface area contributed by atoms with Crippen molar-refractivity contribution in [2.75, 3.05) is 6.61 Å². The lowest BCUT2D eigenvalue weighted by Gasteiger charge is -2.33. The lowest BCUT2D eigenvalue weighted by Crippen LogP contribution is -2.34. The number of hydrogen-bond donors (Lipinski definition) is 1. The normalized spacial score (nSPS) is 24.6. The highest BCUT2D eigenvalue weighted by Crippen LogP contribution is 2.26. The molecule has 12 heavy (non-hydrogen) atoms. The molecular weight excluding hydrogens is 156 g/mol. The second kappa shape index (κ2) is 4.45. The molecule has 0 aromatic carbocycles. The van der Waals surface area contributed by atoms with E-state index in [-0.39, 0.29) is 6.42 Å². The highest BCUT2D eigenvalue weighted by atomic mass is 16.5. The molecule has 0 aromatic rings. The Kier molecular flexibility index (Phi) is 3.53. The Morgan fingerprint density at radius 2 is 2.42 bits per heavy atom. The van der Waals surface area contributed by atoms with Crippen molar-refractivity contribution in [3.63, 3.8) is 0 Å². The van der Waals surface area contributed by atoms with E-state index in [2.05, 4.69) is 6.92 Å². The number of ether oxygens (including phenoxy) is 1. The molecule has 3 nitrogen and oxygen atoms in total. The van der Waals surface area contributed by atoms with Gasteiger partial charge in [0.25, 0.3) is 0 Å². The van der Waals surface area contributed by atoms with Crippen LogP contribution >= 0.6 is 0 Å². The van der Waals surface area contributed by atoms with Crippen LogP contribution in [0.15, 0.2) is 0 Å². The lowest BCUT2D eigenvalue weighted by atomic mass is 9.90. The summed E-state index contributed by atoms with van der Waals surface area (Å²) in [4.78, 5) is 10.3. The van der Waals surface area contributed by atoms with E-state index in [0.717, 1.165) is 25.9 Å². The molecule has 0 aliphatic carbocycles. The summed E-state index contributed by atoms with van der Waals surface area (Å²) in [6, 6.07) is 0. The zero-order valence-electron chi connectivity index (χ0n) is 7.45. The van der Waals surface area contributed by atoms with Gasteiger partial charge in [0.2, 0.25) is 0 Å². The molecule has 0 saturated carbocycles. The van der Waals surface area contributed by atoms with Crippen molar-refractivity contribution in [2.45, 2.75) is 38.7 Å². The molecule has 1 aliphatic rings. The predicted molar refractivity (Wildman–Crippen MR) is 45.0 cm³/mol. The van der Waals surface area contributed by atoms with Crippen molar-refractivity contribution in [1.29, 1.82) is 0 Å². The molecule has 1 heterocycles. The first-order chi connectivity index (χ1) is 5.74. The molecule has 1 rings (SSSR count). The number of aliphatic carboxylic acids is 1. The van der Waals surface area contributed by atoms with Crippen molar-refractivity contribution in [3.05, 3.63) is 0 Å². The van der Waals surface area contributed by atoms with Gasteiger partial charge in [0.1, 0.15) is 0 Å². The number of carboxylic acid groups (broad SMARTS) is 1. The fourth-order valence-electron chi connectivity index (χ4n) is 1.59. The fraction of sp³-hybridized carbons (Fsp3) is 0.889. The summed E-state index contributed by atoms with van der Waals surface area (Å²) in [5.74, 6) is -0.248. The SMILES string of the molecule is CCC(CCC(=O)O)C1CCO1. The van der Waals surface area contributed by atoms with Crippen molar-refractivity contribution in [3.8, 4) is 0 Å². The number of carboxylic acids is 1. The molecule has 1 aliphatic heterocycles. The van der Waals surface area contributed by atoms with Crippen molar-refractivity contribution in [1.82, 2.24) is 0 Å². The first-order valence-corrected chi connectivity index (χ1v) is 4.57. The zero-order valence-corrected chi connectivity index (χ0v) is 7.45. The van der Waals surface area contributed by atoms with E-state index in [1.807, 2.05) is 0 Å². The van der Waals surface area contributed by atoms with Gasteiger partial charge in [-0.15, -0.1) is 0 Å². The minimum Gasteiger partial charge on any atom is -0.481 e. The first-order valence-electron chi connectivity index (χ1n) is 4.57. The molecule has 1 N–H and O–H groups in total. The van der Waals surface area contributed by atoms with Crippen molar-refractivity contribution in [2.24, 2.45) is 5.92 Å². The standard InChI is InChI=1S/C9H16O3/c1-2-7(3-4-9(10)11)8-5-6-12-8/h7-8H,2-6H2,1H3,(H,10,11). The summed E-state index contributed by atoms with van der Waals surface area (Å²) in [5.41, 5.74) is 0. The van der Waals surface area contributed by atoms with Crippen LogP contribution in [0.3, 0.4) is 0 Å². The van der Waals surface area contributed by atoms with E-state index < -0.39 is 5.97 Å². The third-order valence-corrected chi connectivity index (χ3v) is 2.51. The van der Waals surface area contributed by atoms with E-state index in [1.54, 1.807) is 0 Å². The van der Waals surface area contributed by atoms with Crippen LogP contribution in [0.5, 0.6) is 0 Å². The van der Waals surface area contributed by atoms with Crippen LogP contribution in [0.4, 0.5) is 0 Å². The smallest absolute Gasteiger partial charge is 0.303 e. The summed E-state index contributed by atoms with van der Waals surface area (Å²) in [5, 5.41) is 8.49. The zero-order chi connectivity index (χ0) is 8.97. The van der Waals surface area contributed by atoms with Crippen LogP contribution in [0.25, 0.3) is 0 Å². The number of rotatable bonds is 5. The molecular formula is C9H16O3. The number of carbonyl (C=O) groups is 1. The molecule has 3 heteroatoms. The van der Waals surface area contributed by atoms with Gasteiger partial charge in [0.15, 0.2) is 0 Å². The lowest BCUT2D eigenvalue weighted by molar-refractivity contribution is -0.138. The van der Waals surface area contributed by atoms with Crippen molar-refractivity contribution < 1.29 is 14.6 Å². The third kappa shape index (κ3) is 2.48. The second-order valence-corrected chi connectivity index (χ2v) is 3.30. The quantitative estimate of drug-likeness (QED) is 0.686. The third-order valence-electron chi connectivity index (χ3n) is 2.51. The van der Waals surface area contributed by atoms with Crippen molar-refractivity contribution >= 4 is 5.97 Å². The van der Waals surface area contributed by atoms with E-state index in [1.165, 1.54) is 0 Å². The van der Waals surface area contributed by atoms with Gasteiger partial charge in [0.05, 0.1) is 6.10 Å². The van der Waals surface area contributed by atoms with Gasteiger partial charge in [-0.3, -0.25) is 4.79 Å². The molecule has 1 saturated heterocycles. The average Bonchev–Trinajstić information content (AvgIpc) is 1.93. The van der Waals surface area contributed by atoms with E-state index in [4.69, 9.17) is 9.84 Å². The highest BCUT2D eigenvalue weighted by Gasteiger charge is 2.26. The van der Waals surface area contributed by atoms with Gasteiger partial charge >= 0.3 is 5.97 Å². The minimum atomic E-state index is -0.701. The van der Waals surface area contributed by atoms with Gasteiger partial charge in [0, 0.05) is 13.0 Å². The molecule has 0 radical (unpaired) electrons. The fourth-order valence-corrected chi connectivity index (χ4v) is 1.59. The Balaban J connectivity index is 2.20. The van der Waals surface area contributed by atoms with E-state index >= 15 is 0 Å². The Hall–Kier alpha value is -0.570. The Bertz CT molecular complexity index is 152. The topological polar surface area (TPSA) is 46.5 Å². The monoisotopic (exact) mass is 172 g/mol. The average molecular weight is 172 g/mol. The molecule has 0 bridgehead atoms. The molecule has 0 amide bonds. The van der Waals surface area contributed by atoms with Crippen LogP contribution in [0, 0.1) is 5.92 Å². The van der Waals surface area contributed by atoms with E-state index in [9.17, 15) is 4.79 Å². The van der Waals surface area contributed by atoms with Gasteiger partial charge in [-0.25, -0.2) is 0 Å². The second-order valence-electron chi connectivity index (χ2n) is 3.30. The Labute approximate surface area is 72.7 Å². The molecule has 2 unspecified atom stereocenters. The van der Waals surface area contributed by atoms with Crippen LogP contribution < -0.4 is 0 Å². The first kappa shape index (κ1) is 9.52. The van der Waals surface area contributed by atoms with Crippen LogP contribution in [0.2, 0.25) is 0 Å².